The van der Waals surface area contributed by atoms with Gasteiger partial charge in [-0.2, -0.15) is 13.5 Å². The van der Waals surface area contributed by atoms with Crippen molar-refractivity contribution in [3.63, 3.8) is 0 Å². The average Bonchev–Trinajstić information content (AvgIpc) is 3.51. The summed E-state index contributed by atoms with van der Waals surface area (Å²) in [7, 11) is -3.84. The van der Waals surface area contributed by atoms with Crippen LogP contribution < -0.4 is 4.83 Å². The van der Waals surface area contributed by atoms with Crippen molar-refractivity contribution in [3.05, 3.63) is 84.4 Å². The van der Waals surface area contributed by atoms with E-state index in [0.29, 0.717) is 6.42 Å². The van der Waals surface area contributed by atoms with E-state index in [9.17, 15) is 8.42 Å². The predicted molar refractivity (Wildman–Crippen MR) is 197 cm³/mol. The molecule has 254 valence electrons. The second-order valence-corrected chi connectivity index (χ2v) is 15.3. The molecule has 1 N–H and O–H groups in total. The molecule has 1 heterocycles. The summed E-state index contributed by atoms with van der Waals surface area (Å²) in [6.07, 6.45) is 20.0. The number of benzene rings is 3. The summed E-state index contributed by atoms with van der Waals surface area (Å²) in [5, 5.41) is 13.2. The van der Waals surface area contributed by atoms with E-state index in [1.54, 1.807) is 36.0 Å². The molecule has 0 bridgehead atoms. The van der Waals surface area contributed by atoms with Gasteiger partial charge in [0.1, 0.15) is 10.9 Å². The van der Waals surface area contributed by atoms with E-state index in [1.165, 1.54) is 83.5 Å². The van der Waals surface area contributed by atoms with Crippen molar-refractivity contribution in [2.24, 2.45) is 5.10 Å². The fourth-order valence-electron chi connectivity index (χ4n) is 5.75. The van der Waals surface area contributed by atoms with Crippen LogP contribution in [0.25, 0.3) is 11.0 Å². The van der Waals surface area contributed by atoms with E-state index in [4.69, 9.17) is 0 Å². The van der Waals surface area contributed by atoms with Gasteiger partial charge in [-0.3, -0.25) is 0 Å². The molecule has 0 spiro atoms. The molecule has 0 radical (unpaired) electrons. The van der Waals surface area contributed by atoms with E-state index in [1.807, 2.05) is 54.1 Å². The highest BCUT2D eigenvalue weighted by Gasteiger charge is 2.24. The largest absolute Gasteiger partial charge is 0.276 e. The highest BCUT2D eigenvalue weighted by molar-refractivity contribution is 8.00. The van der Waals surface area contributed by atoms with Gasteiger partial charge in [0, 0.05) is 4.90 Å². The zero-order valence-electron chi connectivity index (χ0n) is 28.3. The molecule has 1 aromatic heterocycles. The van der Waals surface area contributed by atoms with Crippen LogP contribution in [-0.4, -0.2) is 29.1 Å². The number of hydrogen-bond acceptors (Lipinski definition) is 6. The Morgan fingerprint density at radius 3 is 1.91 bits per heavy atom. The molecular formula is C38H53N5O2S2. The minimum absolute atomic E-state index is 0.191. The van der Waals surface area contributed by atoms with Gasteiger partial charge in [0.25, 0.3) is 10.0 Å². The van der Waals surface area contributed by atoms with Gasteiger partial charge in [0.05, 0.1) is 16.1 Å². The summed E-state index contributed by atoms with van der Waals surface area (Å²) in [6, 6.07) is 24.8. The van der Waals surface area contributed by atoms with Crippen LogP contribution in [0.2, 0.25) is 0 Å². The van der Waals surface area contributed by atoms with E-state index in [2.05, 4.69) is 39.3 Å². The maximum absolute atomic E-state index is 13.3. The normalized spacial score (nSPS) is 12.9. The lowest BCUT2D eigenvalue weighted by atomic mass is 10.0. The first-order chi connectivity index (χ1) is 23.0. The SMILES string of the molecule is CCCCCCCCCCCCCCCCC/C(=N\NS(=O)(=O)c1ccc(C)cc1)C(Sc1ccccc1)n1nnc2ccccc21. The number of nitrogens with zero attached hydrogens (tertiary/aromatic N) is 4. The molecule has 1 atom stereocenters. The van der Waals surface area contributed by atoms with Crippen molar-refractivity contribution >= 4 is 38.5 Å². The Bertz CT molecular complexity index is 1590. The highest BCUT2D eigenvalue weighted by Crippen LogP contribution is 2.35. The van der Waals surface area contributed by atoms with E-state index in [0.717, 1.165) is 40.0 Å². The molecule has 4 aromatic rings. The van der Waals surface area contributed by atoms with Crippen LogP contribution in [0.15, 0.2) is 93.8 Å². The van der Waals surface area contributed by atoms with Gasteiger partial charge in [0.15, 0.2) is 0 Å². The Balaban J connectivity index is 1.38. The van der Waals surface area contributed by atoms with Crippen LogP contribution in [0.4, 0.5) is 0 Å². The molecule has 0 aliphatic rings. The Morgan fingerprint density at radius 1 is 0.745 bits per heavy atom. The van der Waals surface area contributed by atoms with Gasteiger partial charge in [-0.05, 0) is 56.2 Å². The second-order valence-electron chi connectivity index (χ2n) is 12.5. The number of fused-ring (bicyclic) bond motifs is 1. The second kappa shape index (κ2) is 20.3. The number of thioether (sulfide) groups is 1. The van der Waals surface area contributed by atoms with E-state index >= 15 is 0 Å². The molecule has 4 rings (SSSR count). The van der Waals surface area contributed by atoms with Crippen LogP contribution in [0.1, 0.15) is 121 Å². The van der Waals surface area contributed by atoms with Crippen molar-refractivity contribution in [1.82, 2.24) is 19.8 Å². The average molecular weight is 676 g/mol. The third-order valence-electron chi connectivity index (χ3n) is 8.55. The molecule has 0 aliphatic heterocycles. The number of aryl methyl sites for hydroxylation is 1. The Hall–Kier alpha value is -3.17. The molecule has 0 amide bonds. The number of hydrogen-bond donors (Lipinski definition) is 1. The van der Waals surface area contributed by atoms with Crippen molar-refractivity contribution in [2.45, 2.75) is 132 Å². The van der Waals surface area contributed by atoms with E-state index in [-0.39, 0.29) is 10.3 Å². The van der Waals surface area contributed by atoms with Crippen molar-refractivity contribution < 1.29 is 8.42 Å². The minimum Gasteiger partial charge on any atom is -0.225 e. The predicted octanol–water partition coefficient (Wildman–Crippen LogP) is 10.6. The summed E-state index contributed by atoms with van der Waals surface area (Å²) < 4.78 is 28.4. The third kappa shape index (κ3) is 12.4. The minimum atomic E-state index is -3.84. The molecule has 0 saturated carbocycles. The van der Waals surface area contributed by atoms with E-state index < -0.39 is 10.0 Å². The van der Waals surface area contributed by atoms with Gasteiger partial charge >= 0.3 is 0 Å². The van der Waals surface area contributed by atoms with Gasteiger partial charge in [0.2, 0.25) is 0 Å². The van der Waals surface area contributed by atoms with Gasteiger partial charge in [-0.25, -0.2) is 9.51 Å². The maximum atomic E-state index is 13.3. The van der Waals surface area contributed by atoms with Gasteiger partial charge in [-0.1, -0.05) is 162 Å². The molecule has 1 unspecified atom stereocenters. The first-order valence-electron chi connectivity index (χ1n) is 17.6. The number of para-hydroxylation sites is 1. The number of nitrogens with one attached hydrogen (secondary N) is 1. The number of unbranched alkanes of at least 4 members (excludes halogenated alkanes) is 14. The Morgan fingerprint density at radius 2 is 1.30 bits per heavy atom. The molecule has 9 heteroatoms. The monoisotopic (exact) mass is 675 g/mol. The number of aromatic nitrogens is 3. The number of rotatable bonds is 23. The maximum Gasteiger partial charge on any atom is 0.276 e. The summed E-state index contributed by atoms with van der Waals surface area (Å²) in [6.45, 7) is 4.21. The molecule has 3 aromatic carbocycles. The lowest BCUT2D eigenvalue weighted by Crippen LogP contribution is -2.25. The number of hydrazone groups is 1. The quantitative estimate of drug-likeness (QED) is 0.0366. The zero-order valence-corrected chi connectivity index (χ0v) is 30.0. The molecular weight excluding hydrogens is 623 g/mol. The fraction of sp³-hybridized carbons (Fsp3) is 0.500. The molecule has 7 nitrogen and oxygen atoms in total. The smallest absolute Gasteiger partial charge is 0.225 e. The molecule has 0 saturated heterocycles. The van der Waals surface area contributed by atoms with Gasteiger partial charge in [-0.15, -0.1) is 5.10 Å². The standard InChI is InChI=1S/C38H53N5O2S2/c1-3-4-5-6-7-8-9-10-11-12-13-14-15-16-20-26-36(40-42-47(44,45)34-30-28-32(2)29-31-34)38(46-33-23-18-17-19-24-33)43-37-27-22-21-25-35(37)39-41-43/h17-19,21-25,27-31,38,42H,3-16,20,26H2,1-2H3/b40-36+. The lowest BCUT2D eigenvalue weighted by Gasteiger charge is -2.20. The number of sulfonamides is 1. The summed E-state index contributed by atoms with van der Waals surface area (Å²) in [5.74, 6) is 0. The van der Waals surface area contributed by atoms with Crippen molar-refractivity contribution in [2.75, 3.05) is 0 Å². The Labute approximate surface area is 287 Å². The van der Waals surface area contributed by atoms with Crippen molar-refractivity contribution in [1.29, 1.82) is 0 Å². The zero-order chi connectivity index (χ0) is 33.2. The molecule has 0 fully saturated rings. The summed E-state index contributed by atoms with van der Waals surface area (Å²) in [4.78, 5) is 3.79. The van der Waals surface area contributed by atoms with Crippen LogP contribution in [-0.2, 0) is 10.0 Å². The fourth-order valence-corrected chi connectivity index (χ4v) is 7.72. The topological polar surface area (TPSA) is 89.2 Å². The Kier molecular flexibility index (Phi) is 15.8. The van der Waals surface area contributed by atoms with Crippen LogP contribution in [0.5, 0.6) is 0 Å². The first kappa shape index (κ1) is 36.7. The lowest BCUT2D eigenvalue weighted by molar-refractivity contribution is 0.533. The summed E-state index contributed by atoms with van der Waals surface area (Å²) >= 11 is 1.60. The summed E-state index contributed by atoms with van der Waals surface area (Å²) in [5.41, 5.74) is 3.39. The van der Waals surface area contributed by atoms with Gasteiger partial charge < -0.3 is 0 Å². The molecule has 0 aliphatic carbocycles. The van der Waals surface area contributed by atoms with Crippen LogP contribution in [0.3, 0.4) is 0 Å². The first-order valence-corrected chi connectivity index (χ1v) is 20.0. The highest BCUT2D eigenvalue weighted by atomic mass is 32.2. The van der Waals surface area contributed by atoms with Crippen LogP contribution >= 0.6 is 11.8 Å². The third-order valence-corrected chi connectivity index (χ3v) is 11.0. The van der Waals surface area contributed by atoms with Crippen LogP contribution in [0, 0.1) is 6.92 Å². The van der Waals surface area contributed by atoms with Crippen molar-refractivity contribution in [3.8, 4) is 0 Å². The molecule has 47 heavy (non-hydrogen) atoms.